The maximum atomic E-state index is 13.2. The molecule has 0 amide bonds. The highest BCUT2D eigenvalue weighted by atomic mass is 79.9. The molecule has 4 heteroatoms. The molecule has 0 heterocycles. The monoisotopic (exact) mass is 300 g/mol. The number of hydrogen-bond donors (Lipinski definition) is 2. The lowest BCUT2D eigenvalue weighted by Gasteiger charge is -2.28. The molecule has 1 fully saturated rings. The van der Waals surface area contributed by atoms with Crippen LogP contribution in [0.15, 0.2) is 16.6 Å². The van der Waals surface area contributed by atoms with Gasteiger partial charge in [0.1, 0.15) is 5.82 Å². The summed E-state index contributed by atoms with van der Waals surface area (Å²) in [6, 6.07) is 3.55. The first kappa shape index (κ1) is 12.7. The smallest absolute Gasteiger partial charge is 0.139 e. The van der Waals surface area contributed by atoms with Gasteiger partial charge in [0, 0.05) is 12.1 Å². The van der Waals surface area contributed by atoms with Crippen molar-refractivity contribution in [2.75, 3.05) is 11.1 Å². The van der Waals surface area contributed by atoms with Crippen LogP contribution < -0.4 is 11.1 Å². The Bertz CT molecular complexity index is 401. The molecule has 0 aliphatic heterocycles. The highest BCUT2D eigenvalue weighted by molar-refractivity contribution is 9.10. The fourth-order valence-electron chi connectivity index (χ4n) is 2.31. The average Bonchev–Trinajstić information content (AvgIpc) is 2.29. The van der Waals surface area contributed by atoms with Gasteiger partial charge in [0.25, 0.3) is 0 Å². The van der Waals surface area contributed by atoms with Crippen LogP contribution in [-0.2, 0) is 0 Å². The van der Waals surface area contributed by atoms with E-state index in [1.807, 2.05) is 0 Å². The minimum atomic E-state index is -0.315. The quantitative estimate of drug-likeness (QED) is 0.805. The maximum absolute atomic E-state index is 13.2. The SMILES string of the molecule is CC1CCC(Nc2cc(Br)c(F)cc2N)CC1. The molecule has 1 aliphatic rings. The second kappa shape index (κ2) is 5.25. The Balaban J connectivity index is 2.06. The molecule has 0 atom stereocenters. The van der Waals surface area contributed by atoms with Crippen LogP contribution in [0.1, 0.15) is 32.6 Å². The van der Waals surface area contributed by atoms with Gasteiger partial charge >= 0.3 is 0 Å². The molecule has 2 nitrogen and oxygen atoms in total. The number of halogens is 2. The van der Waals surface area contributed by atoms with Crippen molar-refractivity contribution in [1.82, 2.24) is 0 Å². The molecule has 94 valence electrons. The number of nitrogens with one attached hydrogen (secondary N) is 1. The Morgan fingerprint density at radius 2 is 1.94 bits per heavy atom. The van der Waals surface area contributed by atoms with Crippen LogP contribution in [-0.4, -0.2) is 6.04 Å². The van der Waals surface area contributed by atoms with Gasteiger partial charge in [-0.1, -0.05) is 6.92 Å². The first-order valence-corrected chi connectivity index (χ1v) is 6.86. The minimum Gasteiger partial charge on any atom is -0.397 e. The van der Waals surface area contributed by atoms with Crippen molar-refractivity contribution < 1.29 is 4.39 Å². The van der Waals surface area contributed by atoms with E-state index in [-0.39, 0.29) is 5.82 Å². The maximum Gasteiger partial charge on any atom is 0.139 e. The van der Waals surface area contributed by atoms with Gasteiger partial charge in [-0.25, -0.2) is 4.39 Å². The van der Waals surface area contributed by atoms with Crippen LogP contribution in [0.25, 0.3) is 0 Å². The van der Waals surface area contributed by atoms with E-state index in [0.717, 1.165) is 24.4 Å². The van der Waals surface area contributed by atoms with Crippen LogP contribution in [0.3, 0.4) is 0 Å². The summed E-state index contributed by atoms with van der Waals surface area (Å²) in [5.74, 6) is 0.510. The number of nitrogens with two attached hydrogens (primary N) is 1. The predicted molar refractivity (Wildman–Crippen MR) is 73.6 cm³/mol. The normalized spacial score (nSPS) is 24.6. The Hall–Kier alpha value is -0.770. The first-order valence-electron chi connectivity index (χ1n) is 6.07. The molecule has 0 radical (unpaired) electrons. The Labute approximate surface area is 110 Å². The van der Waals surface area contributed by atoms with Gasteiger partial charge in [0.15, 0.2) is 0 Å². The fraction of sp³-hybridized carbons (Fsp3) is 0.538. The molecule has 0 saturated heterocycles. The second-order valence-corrected chi connectivity index (χ2v) is 5.81. The van der Waals surface area contributed by atoms with Crippen molar-refractivity contribution in [3.05, 3.63) is 22.4 Å². The molecule has 0 aromatic heterocycles. The minimum absolute atomic E-state index is 0.315. The van der Waals surface area contributed by atoms with Crippen molar-refractivity contribution in [2.24, 2.45) is 5.92 Å². The Kier molecular flexibility index (Phi) is 3.92. The van der Waals surface area contributed by atoms with Gasteiger partial charge in [0.2, 0.25) is 0 Å². The summed E-state index contributed by atoms with van der Waals surface area (Å²) in [5.41, 5.74) is 7.12. The van der Waals surface area contributed by atoms with E-state index in [4.69, 9.17) is 5.73 Å². The van der Waals surface area contributed by atoms with Gasteiger partial charge in [-0.2, -0.15) is 0 Å². The van der Waals surface area contributed by atoms with Gasteiger partial charge < -0.3 is 11.1 Å². The number of hydrogen-bond acceptors (Lipinski definition) is 2. The molecule has 1 aromatic rings. The lowest BCUT2D eigenvalue weighted by atomic mass is 9.87. The summed E-state index contributed by atoms with van der Waals surface area (Å²) in [6.45, 7) is 2.29. The standard InChI is InChI=1S/C13H18BrFN2/c1-8-2-4-9(5-3-8)17-13-6-10(14)11(15)7-12(13)16/h6-9,17H,2-5,16H2,1H3. The largest absolute Gasteiger partial charge is 0.397 e. The molecule has 0 spiro atoms. The fourth-order valence-corrected chi connectivity index (χ4v) is 2.65. The molecule has 1 aliphatic carbocycles. The van der Waals surface area contributed by atoms with Crippen LogP contribution in [0.5, 0.6) is 0 Å². The molecular formula is C13H18BrFN2. The Morgan fingerprint density at radius 3 is 2.59 bits per heavy atom. The molecular weight excluding hydrogens is 283 g/mol. The topological polar surface area (TPSA) is 38.0 Å². The predicted octanol–water partition coefficient (Wildman–Crippen LogP) is 4.16. The molecule has 1 aromatic carbocycles. The van der Waals surface area contributed by atoms with Crippen LogP contribution >= 0.6 is 15.9 Å². The molecule has 2 rings (SSSR count). The average molecular weight is 301 g/mol. The zero-order valence-electron chi connectivity index (χ0n) is 9.97. The third-order valence-electron chi connectivity index (χ3n) is 3.47. The van der Waals surface area contributed by atoms with Crippen LogP contribution in [0.2, 0.25) is 0 Å². The number of benzene rings is 1. The molecule has 0 bridgehead atoms. The summed E-state index contributed by atoms with van der Waals surface area (Å²) >= 11 is 3.18. The van der Waals surface area contributed by atoms with Crippen molar-refractivity contribution in [2.45, 2.75) is 38.6 Å². The van der Waals surface area contributed by atoms with E-state index in [1.54, 1.807) is 6.07 Å². The molecule has 17 heavy (non-hydrogen) atoms. The van der Waals surface area contributed by atoms with Crippen molar-refractivity contribution in [1.29, 1.82) is 0 Å². The zero-order valence-corrected chi connectivity index (χ0v) is 11.6. The summed E-state index contributed by atoms with van der Waals surface area (Å²) in [7, 11) is 0. The summed E-state index contributed by atoms with van der Waals surface area (Å²) < 4.78 is 13.7. The highest BCUT2D eigenvalue weighted by Crippen LogP contribution is 2.31. The van der Waals surface area contributed by atoms with Crippen LogP contribution in [0.4, 0.5) is 15.8 Å². The summed E-state index contributed by atoms with van der Waals surface area (Å²) in [5, 5.41) is 3.42. The third-order valence-corrected chi connectivity index (χ3v) is 4.08. The van der Waals surface area contributed by atoms with Gasteiger partial charge in [0.05, 0.1) is 15.8 Å². The van der Waals surface area contributed by atoms with Crippen molar-refractivity contribution in [3.8, 4) is 0 Å². The van der Waals surface area contributed by atoms with E-state index in [1.165, 1.54) is 18.9 Å². The molecule has 1 saturated carbocycles. The van der Waals surface area contributed by atoms with Gasteiger partial charge in [-0.05, 0) is 53.6 Å². The summed E-state index contributed by atoms with van der Waals surface area (Å²) in [4.78, 5) is 0. The molecule has 3 N–H and O–H groups in total. The van der Waals surface area contributed by atoms with Crippen molar-refractivity contribution >= 4 is 27.3 Å². The third kappa shape index (κ3) is 3.12. The van der Waals surface area contributed by atoms with E-state index in [0.29, 0.717) is 16.2 Å². The van der Waals surface area contributed by atoms with E-state index in [9.17, 15) is 4.39 Å². The Morgan fingerprint density at radius 1 is 1.29 bits per heavy atom. The second-order valence-electron chi connectivity index (χ2n) is 4.95. The van der Waals surface area contributed by atoms with Crippen molar-refractivity contribution in [3.63, 3.8) is 0 Å². The van der Waals surface area contributed by atoms with E-state index >= 15 is 0 Å². The summed E-state index contributed by atoms with van der Waals surface area (Å²) in [6.07, 6.45) is 4.82. The van der Waals surface area contributed by atoms with Crippen LogP contribution in [0, 0.1) is 11.7 Å². The highest BCUT2D eigenvalue weighted by Gasteiger charge is 2.19. The number of anilines is 2. The molecule has 0 unspecified atom stereocenters. The number of rotatable bonds is 2. The van der Waals surface area contributed by atoms with E-state index < -0.39 is 0 Å². The van der Waals surface area contributed by atoms with Gasteiger partial charge in [-0.3, -0.25) is 0 Å². The number of nitrogen functional groups attached to an aromatic ring is 1. The van der Waals surface area contributed by atoms with E-state index in [2.05, 4.69) is 28.2 Å². The zero-order chi connectivity index (χ0) is 12.4. The van der Waals surface area contributed by atoms with Gasteiger partial charge in [-0.15, -0.1) is 0 Å². The lowest BCUT2D eigenvalue weighted by Crippen LogP contribution is -2.25. The lowest BCUT2D eigenvalue weighted by molar-refractivity contribution is 0.361. The first-order chi connectivity index (χ1) is 8.06.